The summed E-state index contributed by atoms with van der Waals surface area (Å²) in [6.45, 7) is 6.35. The molecule has 0 radical (unpaired) electrons. The molecule has 0 aliphatic carbocycles. The summed E-state index contributed by atoms with van der Waals surface area (Å²) in [5.74, 6) is 0. The number of likely N-dealkylation sites (tertiary alicyclic amines) is 1. The van der Waals surface area contributed by atoms with Gasteiger partial charge in [0, 0.05) is 24.2 Å². The molecule has 0 amide bonds. The van der Waals surface area contributed by atoms with Gasteiger partial charge in [-0.1, -0.05) is 29.3 Å². The molecule has 1 aromatic carbocycles. The van der Waals surface area contributed by atoms with Crippen LogP contribution in [0, 0.1) is 6.92 Å². The van der Waals surface area contributed by atoms with Gasteiger partial charge in [0.25, 0.3) is 0 Å². The molecule has 20 heavy (non-hydrogen) atoms. The number of nitrogens with zero attached hydrogens (tertiary/aromatic N) is 1. The number of benzene rings is 1. The van der Waals surface area contributed by atoms with Gasteiger partial charge in [-0.3, -0.25) is 4.90 Å². The Morgan fingerprint density at radius 1 is 1.15 bits per heavy atom. The minimum absolute atomic E-state index is 0.0557. The van der Waals surface area contributed by atoms with Gasteiger partial charge in [-0.2, -0.15) is 0 Å². The van der Waals surface area contributed by atoms with E-state index in [-0.39, 0.29) is 6.10 Å². The molecule has 2 saturated heterocycles. The van der Waals surface area contributed by atoms with Gasteiger partial charge in [0.15, 0.2) is 0 Å². The fraction of sp³-hybridized carbons (Fsp3) is 0.625. The lowest BCUT2D eigenvalue weighted by Gasteiger charge is -2.31. The Labute approximate surface area is 126 Å². The molecule has 2 fully saturated rings. The van der Waals surface area contributed by atoms with Gasteiger partial charge in [-0.25, -0.2) is 0 Å². The van der Waals surface area contributed by atoms with E-state index in [1.54, 1.807) is 0 Å². The molecule has 2 aliphatic heterocycles. The van der Waals surface area contributed by atoms with E-state index in [0.717, 1.165) is 43.7 Å². The molecule has 112 valence electrons. The maximum absolute atomic E-state index is 9.37. The third kappa shape index (κ3) is 5.06. The van der Waals surface area contributed by atoms with Crippen LogP contribution in [0.3, 0.4) is 0 Å². The van der Waals surface area contributed by atoms with Gasteiger partial charge >= 0.3 is 0 Å². The summed E-state index contributed by atoms with van der Waals surface area (Å²) in [6.07, 6.45) is 3.43. The summed E-state index contributed by atoms with van der Waals surface area (Å²) in [7, 11) is 0. The Hall–Kier alpha value is -0.610. The molecule has 0 aromatic heterocycles. The van der Waals surface area contributed by atoms with Crippen molar-refractivity contribution in [2.24, 2.45) is 0 Å². The smallest absolute Gasteiger partial charge is 0.0679 e. The normalized spacial score (nSPS) is 24.2. The van der Waals surface area contributed by atoms with Crippen LogP contribution in [0.25, 0.3) is 0 Å². The number of rotatable bonds is 1. The SMILES string of the molecule is Cc1ccc(Cl)cc1.O[C@H]1CCN(C2CCNCC2)C1. The van der Waals surface area contributed by atoms with Gasteiger partial charge in [-0.05, 0) is 51.4 Å². The Kier molecular flexibility index (Phi) is 6.30. The molecule has 0 spiro atoms. The third-order valence-electron chi connectivity index (χ3n) is 4.03. The first kappa shape index (κ1) is 15.8. The number of aryl methyl sites for hydroxylation is 1. The first-order valence-corrected chi connectivity index (χ1v) is 7.88. The molecule has 1 atom stereocenters. The fourth-order valence-corrected chi connectivity index (χ4v) is 2.93. The van der Waals surface area contributed by atoms with Crippen molar-refractivity contribution in [1.29, 1.82) is 0 Å². The molecule has 0 saturated carbocycles. The maximum atomic E-state index is 9.37. The van der Waals surface area contributed by atoms with E-state index >= 15 is 0 Å². The lowest BCUT2D eigenvalue weighted by Crippen LogP contribution is -2.42. The van der Waals surface area contributed by atoms with Crippen LogP contribution in [0.5, 0.6) is 0 Å². The monoisotopic (exact) mass is 296 g/mol. The van der Waals surface area contributed by atoms with Crippen LogP contribution < -0.4 is 5.32 Å². The number of hydrogen-bond acceptors (Lipinski definition) is 3. The molecule has 3 nitrogen and oxygen atoms in total. The Bertz CT molecular complexity index is 366. The molecule has 0 unspecified atom stereocenters. The lowest BCUT2D eigenvalue weighted by molar-refractivity contribution is 0.145. The van der Waals surface area contributed by atoms with Gasteiger partial charge in [0.2, 0.25) is 0 Å². The Morgan fingerprint density at radius 3 is 2.30 bits per heavy atom. The van der Waals surface area contributed by atoms with Crippen LogP contribution in [-0.2, 0) is 0 Å². The molecular weight excluding hydrogens is 272 g/mol. The average Bonchev–Trinajstić information content (AvgIpc) is 2.91. The summed E-state index contributed by atoms with van der Waals surface area (Å²) in [5.41, 5.74) is 1.24. The zero-order valence-corrected chi connectivity index (χ0v) is 12.9. The first-order valence-electron chi connectivity index (χ1n) is 7.50. The number of nitrogens with one attached hydrogen (secondary N) is 1. The number of piperidine rings is 1. The lowest BCUT2D eigenvalue weighted by atomic mass is 10.1. The zero-order valence-electron chi connectivity index (χ0n) is 12.2. The van der Waals surface area contributed by atoms with E-state index in [2.05, 4.69) is 10.2 Å². The second-order valence-electron chi connectivity index (χ2n) is 5.71. The van der Waals surface area contributed by atoms with E-state index in [0.29, 0.717) is 0 Å². The van der Waals surface area contributed by atoms with Crippen molar-refractivity contribution < 1.29 is 5.11 Å². The zero-order chi connectivity index (χ0) is 14.4. The molecule has 3 rings (SSSR count). The molecule has 2 N–H and O–H groups in total. The summed E-state index contributed by atoms with van der Waals surface area (Å²) in [4.78, 5) is 2.45. The highest BCUT2D eigenvalue weighted by molar-refractivity contribution is 6.30. The number of halogens is 1. The van der Waals surface area contributed by atoms with E-state index in [4.69, 9.17) is 11.6 Å². The van der Waals surface area contributed by atoms with E-state index < -0.39 is 0 Å². The highest BCUT2D eigenvalue weighted by atomic mass is 35.5. The molecule has 1 aromatic rings. The van der Waals surface area contributed by atoms with Crippen molar-refractivity contribution in [2.75, 3.05) is 26.2 Å². The molecular formula is C16H25ClN2O. The second kappa shape index (κ2) is 7.99. The van der Waals surface area contributed by atoms with Crippen molar-refractivity contribution in [1.82, 2.24) is 10.2 Å². The summed E-state index contributed by atoms with van der Waals surface area (Å²) < 4.78 is 0. The highest BCUT2D eigenvalue weighted by Gasteiger charge is 2.27. The van der Waals surface area contributed by atoms with Crippen molar-refractivity contribution >= 4 is 11.6 Å². The number of β-amino-alcohol motifs (C(OH)–C–C–N with tert-alkyl or cyclic N) is 1. The summed E-state index contributed by atoms with van der Waals surface area (Å²) in [5, 5.41) is 13.5. The summed E-state index contributed by atoms with van der Waals surface area (Å²) >= 11 is 5.61. The van der Waals surface area contributed by atoms with Crippen LogP contribution >= 0.6 is 11.6 Å². The predicted molar refractivity (Wildman–Crippen MR) is 84.3 cm³/mol. The van der Waals surface area contributed by atoms with Gasteiger partial charge in [0.05, 0.1) is 6.10 Å². The van der Waals surface area contributed by atoms with Crippen LogP contribution in [0.1, 0.15) is 24.8 Å². The number of aliphatic hydroxyl groups is 1. The molecule has 2 aliphatic rings. The largest absolute Gasteiger partial charge is 0.392 e. The van der Waals surface area contributed by atoms with Crippen LogP contribution in [0.15, 0.2) is 24.3 Å². The van der Waals surface area contributed by atoms with Crippen molar-refractivity contribution in [3.8, 4) is 0 Å². The van der Waals surface area contributed by atoms with Crippen LogP contribution in [-0.4, -0.2) is 48.3 Å². The average molecular weight is 297 g/mol. The highest BCUT2D eigenvalue weighted by Crippen LogP contribution is 2.18. The Morgan fingerprint density at radius 2 is 1.80 bits per heavy atom. The third-order valence-corrected chi connectivity index (χ3v) is 4.28. The van der Waals surface area contributed by atoms with Gasteiger partial charge in [-0.15, -0.1) is 0 Å². The van der Waals surface area contributed by atoms with Gasteiger partial charge < -0.3 is 10.4 Å². The minimum Gasteiger partial charge on any atom is -0.392 e. The summed E-state index contributed by atoms with van der Waals surface area (Å²) in [6, 6.07) is 8.49. The van der Waals surface area contributed by atoms with Crippen molar-refractivity contribution in [2.45, 2.75) is 38.3 Å². The van der Waals surface area contributed by atoms with Gasteiger partial charge in [0.1, 0.15) is 0 Å². The standard InChI is InChI=1S/C9H18N2O.C7H7Cl/c12-9-3-6-11(7-9)8-1-4-10-5-2-8;1-6-2-4-7(8)5-3-6/h8-10,12H,1-7H2;2-5H,1H3/t9-;/m0./s1. The van der Waals surface area contributed by atoms with E-state index in [1.165, 1.54) is 18.4 Å². The molecule has 2 heterocycles. The quantitative estimate of drug-likeness (QED) is 0.836. The van der Waals surface area contributed by atoms with Crippen molar-refractivity contribution in [3.05, 3.63) is 34.9 Å². The van der Waals surface area contributed by atoms with Crippen molar-refractivity contribution in [3.63, 3.8) is 0 Å². The van der Waals surface area contributed by atoms with E-state index in [1.807, 2.05) is 31.2 Å². The van der Waals surface area contributed by atoms with Crippen LogP contribution in [0.2, 0.25) is 5.02 Å². The van der Waals surface area contributed by atoms with E-state index in [9.17, 15) is 5.11 Å². The number of hydrogen-bond donors (Lipinski definition) is 2. The molecule has 4 heteroatoms. The van der Waals surface area contributed by atoms with Crippen LogP contribution in [0.4, 0.5) is 0 Å². The first-order chi connectivity index (χ1) is 9.65. The maximum Gasteiger partial charge on any atom is 0.0679 e. The number of aliphatic hydroxyl groups excluding tert-OH is 1. The molecule has 0 bridgehead atoms. The predicted octanol–water partition coefficient (Wildman–Crippen LogP) is 2.45. The topological polar surface area (TPSA) is 35.5 Å². The fourth-order valence-electron chi connectivity index (χ4n) is 2.80. The Balaban J connectivity index is 0.000000160. The second-order valence-corrected chi connectivity index (χ2v) is 6.15. The minimum atomic E-state index is -0.0557.